The zero-order chi connectivity index (χ0) is 13.4. The maximum absolute atomic E-state index is 11.6. The summed E-state index contributed by atoms with van der Waals surface area (Å²) in [6.45, 7) is 3.33. The Hall–Kier alpha value is -2.30. The monoisotopic (exact) mass is 257 g/mol. The molecule has 0 bridgehead atoms. The molecule has 5 heteroatoms. The SMILES string of the molecule is COc1cccc2c1CN(c1cn[nH]c(=O)c1C)C2. The van der Waals surface area contributed by atoms with Gasteiger partial charge in [-0.15, -0.1) is 0 Å². The molecule has 98 valence electrons. The van der Waals surface area contributed by atoms with Crippen molar-refractivity contribution in [3.8, 4) is 5.75 Å². The Morgan fingerprint density at radius 2 is 2.21 bits per heavy atom. The number of ether oxygens (including phenoxy) is 1. The highest BCUT2D eigenvalue weighted by molar-refractivity contribution is 5.56. The number of H-pyrrole nitrogens is 1. The Morgan fingerprint density at radius 3 is 3.00 bits per heavy atom. The Morgan fingerprint density at radius 1 is 1.37 bits per heavy atom. The van der Waals surface area contributed by atoms with E-state index in [1.165, 1.54) is 11.1 Å². The van der Waals surface area contributed by atoms with E-state index in [0.29, 0.717) is 5.56 Å². The highest BCUT2D eigenvalue weighted by atomic mass is 16.5. The molecule has 1 aromatic carbocycles. The van der Waals surface area contributed by atoms with Crippen LogP contribution in [0, 0.1) is 6.92 Å². The number of hydrogen-bond donors (Lipinski definition) is 1. The molecule has 2 heterocycles. The van der Waals surface area contributed by atoms with E-state index in [4.69, 9.17) is 4.74 Å². The van der Waals surface area contributed by atoms with Crippen molar-refractivity contribution >= 4 is 5.69 Å². The van der Waals surface area contributed by atoms with Gasteiger partial charge in [-0.1, -0.05) is 12.1 Å². The Kier molecular flexibility index (Phi) is 2.74. The van der Waals surface area contributed by atoms with Gasteiger partial charge < -0.3 is 9.64 Å². The van der Waals surface area contributed by atoms with Gasteiger partial charge in [-0.2, -0.15) is 5.10 Å². The van der Waals surface area contributed by atoms with Crippen LogP contribution in [-0.4, -0.2) is 17.3 Å². The highest BCUT2D eigenvalue weighted by Crippen LogP contribution is 2.33. The minimum atomic E-state index is -0.138. The summed E-state index contributed by atoms with van der Waals surface area (Å²) >= 11 is 0. The summed E-state index contributed by atoms with van der Waals surface area (Å²) in [5.41, 5.74) is 3.85. The fourth-order valence-corrected chi connectivity index (χ4v) is 2.52. The van der Waals surface area contributed by atoms with E-state index in [0.717, 1.165) is 24.5 Å². The number of aromatic nitrogens is 2. The Balaban J connectivity index is 2.00. The molecule has 0 aliphatic carbocycles. The third kappa shape index (κ3) is 1.87. The van der Waals surface area contributed by atoms with Gasteiger partial charge >= 0.3 is 0 Å². The van der Waals surface area contributed by atoms with Crippen LogP contribution in [0.3, 0.4) is 0 Å². The van der Waals surface area contributed by atoms with Crippen LogP contribution in [0.2, 0.25) is 0 Å². The topological polar surface area (TPSA) is 58.2 Å². The summed E-state index contributed by atoms with van der Waals surface area (Å²) in [5, 5.41) is 6.33. The number of anilines is 1. The molecular weight excluding hydrogens is 242 g/mol. The molecule has 1 aromatic heterocycles. The van der Waals surface area contributed by atoms with Gasteiger partial charge in [0.15, 0.2) is 0 Å². The first-order valence-corrected chi connectivity index (χ1v) is 6.14. The van der Waals surface area contributed by atoms with E-state index < -0.39 is 0 Å². The number of fused-ring (bicyclic) bond motifs is 1. The first-order chi connectivity index (χ1) is 9.20. The van der Waals surface area contributed by atoms with E-state index in [1.807, 2.05) is 19.1 Å². The zero-order valence-electron chi connectivity index (χ0n) is 10.9. The van der Waals surface area contributed by atoms with Crippen molar-refractivity contribution in [2.24, 2.45) is 0 Å². The average Bonchev–Trinajstić information content (AvgIpc) is 2.85. The second-order valence-electron chi connectivity index (χ2n) is 4.66. The van der Waals surface area contributed by atoms with Gasteiger partial charge in [0.05, 0.1) is 19.0 Å². The molecule has 1 N–H and O–H groups in total. The first-order valence-electron chi connectivity index (χ1n) is 6.14. The lowest BCUT2D eigenvalue weighted by atomic mass is 10.1. The van der Waals surface area contributed by atoms with Crippen molar-refractivity contribution in [3.63, 3.8) is 0 Å². The van der Waals surface area contributed by atoms with E-state index in [-0.39, 0.29) is 5.56 Å². The molecule has 5 nitrogen and oxygen atoms in total. The number of methoxy groups -OCH3 is 1. The van der Waals surface area contributed by atoms with Crippen LogP contribution >= 0.6 is 0 Å². The van der Waals surface area contributed by atoms with E-state index >= 15 is 0 Å². The maximum Gasteiger partial charge on any atom is 0.269 e. The van der Waals surface area contributed by atoms with Gasteiger partial charge in [0.25, 0.3) is 5.56 Å². The van der Waals surface area contributed by atoms with Crippen molar-refractivity contribution in [3.05, 3.63) is 51.4 Å². The molecule has 0 radical (unpaired) electrons. The predicted octanol–water partition coefficient (Wildman–Crippen LogP) is 1.61. The van der Waals surface area contributed by atoms with Crippen molar-refractivity contribution in [1.82, 2.24) is 10.2 Å². The first kappa shape index (κ1) is 11.8. The molecule has 3 rings (SSSR count). The summed E-state index contributed by atoms with van der Waals surface area (Å²) in [4.78, 5) is 13.8. The molecule has 0 unspecified atom stereocenters. The van der Waals surface area contributed by atoms with Gasteiger partial charge in [-0.3, -0.25) is 4.79 Å². The molecule has 1 aliphatic rings. The summed E-state index contributed by atoms with van der Waals surface area (Å²) in [6.07, 6.45) is 1.70. The summed E-state index contributed by atoms with van der Waals surface area (Å²) in [6, 6.07) is 6.04. The molecule has 0 spiro atoms. The van der Waals surface area contributed by atoms with E-state index in [9.17, 15) is 4.79 Å². The molecule has 1 aliphatic heterocycles. The van der Waals surface area contributed by atoms with Crippen LogP contribution < -0.4 is 15.2 Å². The van der Waals surface area contributed by atoms with Crippen LogP contribution in [0.1, 0.15) is 16.7 Å². The zero-order valence-corrected chi connectivity index (χ0v) is 10.9. The van der Waals surface area contributed by atoms with Gasteiger partial charge in [-0.05, 0) is 18.6 Å². The maximum atomic E-state index is 11.6. The minimum absolute atomic E-state index is 0.138. The Labute approximate surface area is 110 Å². The minimum Gasteiger partial charge on any atom is -0.496 e. The molecular formula is C14H15N3O2. The quantitative estimate of drug-likeness (QED) is 0.888. The Bertz CT molecular complexity index is 679. The molecule has 19 heavy (non-hydrogen) atoms. The largest absolute Gasteiger partial charge is 0.496 e. The molecule has 0 fully saturated rings. The van der Waals surface area contributed by atoms with Gasteiger partial charge in [-0.25, -0.2) is 5.10 Å². The second kappa shape index (κ2) is 4.42. The third-order valence-electron chi connectivity index (χ3n) is 3.58. The molecule has 0 saturated carbocycles. The fraction of sp³-hybridized carbons (Fsp3) is 0.286. The van der Waals surface area contributed by atoms with Crippen LogP contribution in [0.25, 0.3) is 0 Å². The van der Waals surface area contributed by atoms with Gasteiger partial charge in [0.2, 0.25) is 0 Å². The predicted molar refractivity (Wildman–Crippen MR) is 72.5 cm³/mol. The average molecular weight is 257 g/mol. The fourth-order valence-electron chi connectivity index (χ4n) is 2.52. The molecule has 2 aromatic rings. The number of nitrogens with zero attached hydrogens (tertiary/aromatic N) is 2. The standard InChI is InChI=1S/C14H15N3O2/c1-9-12(6-15-16-14(9)18)17-7-10-4-3-5-13(19-2)11(10)8-17/h3-6H,7-8H2,1-2H3,(H,16,18). The lowest BCUT2D eigenvalue weighted by Crippen LogP contribution is -2.21. The highest BCUT2D eigenvalue weighted by Gasteiger charge is 2.24. The number of aromatic amines is 1. The van der Waals surface area contributed by atoms with Crippen LogP contribution in [0.15, 0.2) is 29.2 Å². The van der Waals surface area contributed by atoms with Crippen LogP contribution in [-0.2, 0) is 13.1 Å². The third-order valence-corrected chi connectivity index (χ3v) is 3.58. The van der Waals surface area contributed by atoms with Gasteiger partial charge in [0, 0.05) is 24.2 Å². The lowest BCUT2D eigenvalue weighted by Gasteiger charge is -2.18. The molecule has 0 atom stereocenters. The number of rotatable bonds is 2. The van der Waals surface area contributed by atoms with Crippen LogP contribution in [0.5, 0.6) is 5.75 Å². The van der Waals surface area contributed by atoms with Crippen molar-refractivity contribution < 1.29 is 4.74 Å². The van der Waals surface area contributed by atoms with E-state index in [2.05, 4.69) is 21.2 Å². The van der Waals surface area contributed by atoms with Crippen molar-refractivity contribution in [2.45, 2.75) is 20.0 Å². The number of benzene rings is 1. The second-order valence-corrected chi connectivity index (χ2v) is 4.66. The lowest BCUT2D eigenvalue weighted by molar-refractivity contribution is 0.410. The summed E-state index contributed by atoms with van der Waals surface area (Å²) in [5.74, 6) is 0.899. The van der Waals surface area contributed by atoms with Gasteiger partial charge in [0.1, 0.15) is 5.75 Å². The molecule has 0 saturated heterocycles. The molecule has 0 amide bonds. The number of hydrogen-bond acceptors (Lipinski definition) is 4. The summed E-state index contributed by atoms with van der Waals surface area (Å²) in [7, 11) is 1.68. The smallest absolute Gasteiger partial charge is 0.269 e. The van der Waals surface area contributed by atoms with Crippen LogP contribution in [0.4, 0.5) is 5.69 Å². The van der Waals surface area contributed by atoms with Crippen molar-refractivity contribution in [2.75, 3.05) is 12.0 Å². The normalized spacial score (nSPS) is 13.5. The summed E-state index contributed by atoms with van der Waals surface area (Å²) < 4.78 is 5.39. The number of nitrogens with one attached hydrogen (secondary N) is 1. The van der Waals surface area contributed by atoms with Crippen molar-refractivity contribution in [1.29, 1.82) is 0 Å². The van der Waals surface area contributed by atoms with E-state index in [1.54, 1.807) is 13.3 Å².